The molecule has 2 N–H and O–H groups in total. The van der Waals surface area contributed by atoms with Crippen molar-refractivity contribution >= 4 is 60.5 Å². The van der Waals surface area contributed by atoms with E-state index in [1.165, 1.54) is 24.3 Å². The molecule has 21 heavy (non-hydrogen) atoms. The lowest BCUT2D eigenvalue weighted by molar-refractivity contribution is 0.0696. The average Bonchev–Trinajstić information content (AvgIpc) is 2.72. The highest BCUT2D eigenvalue weighted by atomic mass is 79.9. The van der Waals surface area contributed by atoms with Crippen molar-refractivity contribution in [2.45, 2.75) is 11.1 Å². The first-order chi connectivity index (χ1) is 9.72. The van der Waals surface area contributed by atoms with Gasteiger partial charge in [-0.1, -0.05) is 17.7 Å². The maximum Gasteiger partial charge on any atom is 0.336 e. The Morgan fingerprint density at radius 1 is 1.43 bits per heavy atom. The van der Waals surface area contributed by atoms with Crippen molar-refractivity contribution in [2.24, 2.45) is 0 Å². The van der Waals surface area contributed by atoms with Crippen LogP contribution in [0, 0.1) is 6.92 Å². The number of anilines is 1. The Hall–Kier alpha value is -1.09. The van der Waals surface area contributed by atoms with Crippen molar-refractivity contribution in [1.82, 2.24) is 0 Å². The minimum absolute atomic E-state index is 0.0412. The van der Waals surface area contributed by atoms with E-state index in [0.717, 1.165) is 11.3 Å². The molecule has 0 aliphatic carbocycles. The van der Waals surface area contributed by atoms with Crippen molar-refractivity contribution in [1.29, 1.82) is 0 Å². The molecule has 5 nitrogen and oxygen atoms in total. The molecule has 2 aromatic rings. The highest BCUT2D eigenvalue weighted by molar-refractivity contribution is 9.11. The summed E-state index contributed by atoms with van der Waals surface area (Å²) in [7, 11) is -3.82. The molecule has 0 aliphatic rings. The predicted molar refractivity (Wildman–Crippen MR) is 86.0 cm³/mol. The van der Waals surface area contributed by atoms with Gasteiger partial charge in [0, 0.05) is 0 Å². The molecule has 1 heterocycles. The monoisotopic (exact) mass is 409 g/mol. The number of rotatable bonds is 4. The molecule has 1 aromatic heterocycles. The number of hydrogen-bond donors (Lipinski definition) is 2. The first-order valence-corrected chi connectivity index (χ1v) is 9.00. The van der Waals surface area contributed by atoms with Gasteiger partial charge >= 0.3 is 5.97 Å². The minimum Gasteiger partial charge on any atom is -0.478 e. The topological polar surface area (TPSA) is 83.5 Å². The summed E-state index contributed by atoms with van der Waals surface area (Å²) in [5, 5.41) is 9.35. The number of nitrogens with one attached hydrogen (secondary N) is 1. The molecule has 0 spiro atoms. The van der Waals surface area contributed by atoms with Crippen LogP contribution in [-0.4, -0.2) is 19.5 Å². The van der Waals surface area contributed by atoms with Crippen molar-refractivity contribution < 1.29 is 18.3 Å². The zero-order chi connectivity index (χ0) is 15.8. The van der Waals surface area contributed by atoms with E-state index in [-0.39, 0.29) is 15.5 Å². The molecule has 2 rings (SSSR count). The zero-order valence-electron chi connectivity index (χ0n) is 10.6. The van der Waals surface area contributed by atoms with Crippen LogP contribution < -0.4 is 4.72 Å². The van der Waals surface area contributed by atoms with Crippen LogP contribution in [0.1, 0.15) is 15.9 Å². The van der Waals surface area contributed by atoms with Gasteiger partial charge in [0.25, 0.3) is 10.0 Å². The number of aromatic carboxylic acids is 1. The second-order valence-corrected chi connectivity index (χ2v) is 8.76. The third-order valence-electron chi connectivity index (χ3n) is 2.70. The number of carbonyl (C=O) groups is 1. The van der Waals surface area contributed by atoms with Crippen LogP contribution >= 0.6 is 38.9 Å². The highest BCUT2D eigenvalue weighted by Gasteiger charge is 2.21. The van der Waals surface area contributed by atoms with Gasteiger partial charge in [0.1, 0.15) is 4.21 Å². The minimum atomic E-state index is -3.82. The fraction of sp³-hybridized carbons (Fsp3) is 0.0833. The standard InChI is InChI=1S/C12H9BrClNO4S2/c1-6-7(12(16)17)3-2-4-9(6)15-21(18,19)10-5-8(14)11(13)20-10/h2-5,15H,1H3,(H,16,17). The molecule has 0 fully saturated rings. The fourth-order valence-electron chi connectivity index (χ4n) is 1.63. The van der Waals surface area contributed by atoms with Crippen molar-refractivity contribution in [3.8, 4) is 0 Å². The van der Waals surface area contributed by atoms with Crippen LogP contribution in [0.4, 0.5) is 5.69 Å². The van der Waals surface area contributed by atoms with E-state index in [1.807, 2.05) is 0 Å². The maximum absolute atomic E-state index is 12.3. The number of carboxylic acid groups (broad SMARTS) is 1. The van der Waals surface area contributed by atoms with Gasteiger partial charge in [0.2, 0.25) is 0 Å². The average molecular weight is 411 g/mol. The van der Waals surface area contributed by atoms with E-state index >= 15 is 0 Å². The number of carboxylic acids is 1. The first kappa shape index (κ1) is 16.3. The molecule has 0 atom stereocenters. The first-order valence-electron chi connectivity index (χ1n) is 5.53. The van der Waals surface area contributed by atoms with E-state index in [0.29, 0.717) is 14.4 Å². The van der Waals surface area contributed by atoms with Gasteiger partial charge in [0.15, 0.2) is 0 Å². The zero-order valence-corrected chi connectivity index (χ0v) is 14.5. The molecule has 0 amide bonds. The third kappa shape index (κ3) is 3.39. The van der Waals surface area contributed by atoms with Crippen LogP contribution in [0.2, 0.25) is 5.02 Å². The number of halogens is 2. The molecule has 0 radical (unpaired) electrons. The van der Waals surface area contributed by atoms with Crippen LogP contribution in [-0.2, 0) is 10.0 Å². The van der Waals surface area contributed by atoms with E-state index < -0.39 is 16.0 Å². The SMILES string of the molecule is Cc1c(NS(=O)(=O)c2cc(Cl)c(Br)s2)cccc1C(=O)O. The van der Waals surface area contributed by atoms with Crippen molar-refractivity contribution in [3.63, 3.8) is 0 Å². The molecule has 1 aromatic carbocycles. The van der Waals surface area contributed by atoms with Gasteiger partial charge in [-0.2, -0.15) is 0 Å². The van der Waals surface area contributed by atoms with Gasteiger partial charge in [-0.15, -0.1) is 11.3 Å². The number of benzene rings is 1. The fourth-order valence-corrected chi connectivity index (χ4v) is 5.15. The van der Waals surface area contributed by atoms with Gasteiger partial charge in [-0.3, -0.25) is 4.72 Å². The molecule has 0 saturated heterocycles. The van der Waals surface area contributed by atoms with Crippen molar-refractivity contribution in [3.05, 3.63) is 44.2 Å². The molecular formula is C12H9BrClNO4S2. The van der Waals surface area contributed by atoms with Crippen LogP contribution in [0.15, 0.2) is 32.3 Å². The smallest absolute Gasteiger partial charge is 0.336 e. The lowest BCUT2D eigenvalue weighted by atomic mass is 10.1. The predicted octanol–water partition coefficient (Wildman–Crippen LogP) is 3.97. The lowest BCUT2D eigenvalue weighted by Crippen LogP contribution is -2.13. The van der Waals surface area contributed by atoms with Crippen LogP contribution in [0.25, 0.3) is 0 Å². The molecule has 0 unspecified atom stereocenters. The van der Waals surface area contributed by atoms with Gasteiger partial charge in [-0.25, -0.2) is 13.2 Å². The van der Waals surface area contributed by atoms with E-state index in [4.69, 9.17) is 16.7 Å². The Morgan fingerprint density at radius 3 is 2.62 bits per heavy atom. The number of hydrogen-bond acceptors (Lipinski definition) is 4. The van der Waals surface area contributed by atoms with E-state index in [1.54, 1.807) is 6.92 Å². The molecule has 0 saturated carbocycles. The maximum atomic E-state index is 12.3. The molecule has 0 aliphatic heterocycles. The van der Waals surface area contributed by atoms with Crippen molar-refractivity contribution in [2.75, 3.05) is 4.72 Å². The largest absolute Gasteiger partial charge is 0.478 e. The Labute approximate surface area is 138 Å². The van der Waals surface area contributed by atoms with Gasteiger partial charge < -0.3 is 5.11 Å². The van der Waals surface area contributed by atoms with E-state index in [2.05, 4.69) is 20.7 Å². The normalized spacial score (nSPS) is 11.4. The van der Waals surface area contributed by atoms with Crippen LogP contribution in [0.3, 0.4) is 0 Å². The summed E-state index contributed by atoms with van der Waals surface area (Å²) < 4.78 is 27.5. The molecular weight excluding hydrogens is 402 g/mol. The summed E-state index contributed by atoms with van der Waals surface area (Å²) in [6, 6.07) is 5.72. The summed E-state index contributed by atoms with van der Waals surface area (Å²) in [6.45, 7) is 1.54. The number of sulfonamides is 1. The number of thiophene rings is 1. The molecule has 0 bridgehead atoms. The third-order valence-corrected chi connectivity index (χ3v) is 7.01. The second-order valence-electron chi connectivity index (χ2n) is 4.08. The second kappa shape index (κ2) is 5.96. The molecule has 9 heteroatoms. The van der Waals surface area contributed by atoms with Gasteiger partial charge in [0.05, 0.1) is 20.1 Å². The van der Waals surface area contributed by atoms with Crippen LogP contribution in [0.5, 0.6) is 0 Å². The summed E-state index contributed by atoms with van der Waals surface area (Å²) in [5.74, 6) is -1.12. The highest BCUT2D eigenvalue weighted by Crippen LogP contribution is 2.35. The van der Waals surface area contributed by atoms with Gasteiger partial charge in [-0.05, 0) is 46.6 Å². The molecule has 112 valence electrons. The Kier molecular flexibility index (Phi) is 4.62. The summed E-state index contributed by atoms with van der Waals surface area (Å²) in [6.07, 6.45) is 0. The Balaban J connectivity index is 2.42. The Morgan fingerprint density at radius 2 is 2.10 bits per heavy atom. The Bertz CT molecular complexity index is 797. The summed E-state index contributed by atoms with van der Waals surface area (Å²) in [5.41, 5.74) is 0.603. The van der Waals surface area contributed by atoms with E-state index in [9.17, 15) is 13.2 Å². The summed E-state index contributed by atoms with van der Waals surface area (Å²) >= 11 is 9.96. The lowest BCUT2D eigenvalue weighted by Gasteiger charge is -2.11. The summed E-state index contributed by atoms with van der Waals surface area (Å²) in [4.78, 5) is 11.1. The quantitative estimate of drug-likeness (QED) is 0.799.